The molecule has 7 heteroatoms. The molecular formula is C28H32N2O4S. The molecule has 0 aromatic heterocycles. The number of rotatable bonds is 7. The van der Waals surface area contributed by atoms with Crippen LogP contribution in [0, 0.1) is 13.8 Å². The lowest BCUT2D eigenvalue weighted by molar-refractivity contribution is 0.0227. The zero-order valence-corrected chi connectivity index (χ0v) is 21.4. The molecule has 1 aliphatic rings. The smallest absolute Gasteiger partial charge is 0.261 e. The summed E-state index contributed by atoms with van der Waals surface area (Å²) < 4.78 is 34.8. The van der Waals surface area contributed by atoms with Crippen molar-refractivity contribution in [2.75, 3.05) is 4.72 Å². The second kappa shape index (κ2) is 9.74. The van der Waals surface area contributed by atoms with Crippen molar-refractivity contribution in [1.82, 2.24) is 5.32 Å². The van der Waals surface area contributed by atoms with Gasteiger partial charge in [0.05, 0.1) is 16.6 Å². The summed E-state index contributed by atoms with van der Waals surface area (Å²) >= 11 is 0. The molecule has 3 aromatic carbocycles. The van der Waals surface area contributed by atoms with Gasteiger partial charge in [0.25, 0.3) is 15.9 Å². The van der Waals surface area contributed by atoms with Gasteiger partial charge in [-0.3, -0.25) is 9.52 Å². The van der Waals surface area contributed by atoms with Gasteiger partial charge in [0.1, 0.15) is 11.4 Å². The Morgan fingerprint density at radius 2 is 1.66 bits per heavy atom. The number of ether oxygens (including phenoxy) is 1. The van der Waals surface area contributed by atoms with Crippen LogP contribution in [0.5, 0.6) is 5.75 Å². The number of carbonyl (C=O) groups is 1. The molecule has 0 saturated heterocycles. The van der Waals surface area contributed by atoms with Crippen molar-refractivity contribution in [2.45, 2.75) is 63.5 Å². The number of aryl methyl sites for hydroxylation is 1. The predicted octanol–water partition coefficient (Wildman–Crippen LogP) is 5.92. The average molecular weight is 493 g/mol. The largest absolute Gasteiger partial charge is 0.487 e. The number of sulfonamides is 1. The molecule has 4 rings (SSSR count). The zero-order valence-electron chi connectivity index (χ0n) is 20.6. The molecule has 35 heavy (non-hydrogen) atoms. The summed E-state index contributed by atoms with van der Waals surface area (Å²) in [6.07, 6.45) is 2.33. The summed E-state index contributed by atoms with van der Waals surface area (Å²) in [4.78, 5) is 13.6. The van der Waals surface area contributed by atoms with Crippen molar-refractivity contribution in [3.05, 3.63) is 89.0 Å². The van der Waals surface area contributed by atoms with Crippen LogP contribution in [0.4, 0.5) is 5.69 Å². The molecule has 1 unspecified atom stereocenters. The van der Waals surface area contributed by atoms with Crippen molar-refractivity contribution in [3.63, 3.8) is 0 Å². The summed E-state index contributed by atoms with van der Waals surface area (Å²) in [5.41, 5.74) is 2.96. The molecule has 2 N–H and O–H groups in total. The third-order valence-corrected chi connectivity index (χ3v) is 8.33. The highest BCUT2D eigenvalue weighted by Crippen LogP contribution is 2.42. The van der Waals surface area contributed by atoms with E-state index in [9.17, 15) is 13.2 Å². The fourth-order valence-electron chi connectivity index (χ4n) is 4.58. The van der Waals surface area contributed by atoms with E-state index in [1.54, 1.807) is 49.4 Å². The van der Waals surface area contributed by atoms with E-state index in [0.717, 1.165) is 29.7 Å². The van der Waals surface area contributed by atoms with E-state index >= 15 is 0 Å². The number of para-hydroxylation sites is 1. The van der Waals surface area contributed by atoms with Crippen LogP contribution in [-0.2, 0) is 10.0 Å². The number of anilines is 1. The first-order valence-electron chi connectivity index (χ1n) is 12.0. The first-order chi connectivity index (χ1) is 16.7. The molecule has 0 fully saturated rings. The van der Waals surface area contributed by atoms with E-state index < -0.39 is 10.0 Å². The van der Waals surface area contributed by atoms with E-state index in [2.05, 4.69) is 23.9 Å². The maximum Gasteiger partial charge on any atom is 0.261 e. The summed E-state index contributed by atoms with van der Waals surface area (Å²) in [6.45, 7) is 7.86. The average Bonchev–Trinajstić information content (AvgIpc) is 2.85. The summed E-state index contributed by atoms with van der Waals surface area (Å²) in [6, 6.07) is 19.3. The summed E-state index contributed by atoms with van der Waals surface area (Å²) in [5.74, 6) is 0.547. The van der Waals surface area contributed by atoms with Gasteiger partial charge in [0.2, 0.25) is 0 Å². The highest BCUT2D eigenvalue weighted by Gasteiger charge is 2.39. The predicted molar refractivity (Wildman–Crippen MR) is 138 cm³/mol. The molecular weight excluding hydrogens is 460 g/mol. The molecule has 0 spiro atoms. The van der Waals surface area contributed by atoms with Crippen molar-refractivity contribution in [1.29, 1.82) is 0 Å². The van der Waals surface area contributed by atoms with E-state index in [4.69, 9.17) is 4.74 Å². The van der Waals surface area contributed by atoms with Gasteiger partial charge in [0.15, 0.2) is 0 Å². The highest BCUT2D eigenvalue weighted by atomic mass is 32.2. The third-order valence-electron chi connectivity index (χ3n) is 6.95. The number of nitrogens with one attached hydrogen (secondary N) is 2. The lowest BCUT2D eigenvalue weighted by Crippen LogP contribution is -2.44. The van der Waals surface area contributed by atoms with Gasteiger partial charge in [0, 0.05) is 17.5 Å². The fraction of sp³-hybridized carbons (Fsp3) is 0.321. The molecule has 0 aliphatic carbocycles. The molecule has 0 radical (unpaired) electrons. The normalized spacial score (nSPS) is 16.6. The van der Waals surface area contributed by atoms with Crippen LogP contribution in [0.3, 0.4) is 0 Å². The lowest BCUT2D eigenvalue weighted by atomic mass is 9.83. The van der Waals surface area contributed by atoms with Crippen molar-refractivity contribution < 1.29 is 17.9 Å². The molecule has 6 nitrogen and oxygen atoms in total. The molecule has 0 saturated carbocycles. The highest BCUT2D eigenvalue weighted by molar-refractivity contribution is 7.92. The van der Waals surface area contributed by atoms with Crippen LogP contribution in [0.2, 0.25) is 0 Å². The van der Waals surface area contributed by atoms with Crippen LogP contribution in [0.15, 0.2) is 71.6 Å². The first kappa shape index (κ1) is 24.8. The number of hydrogen-bond acceptors (Lipinski definition) is 4. The van der Waals surface area contributed by atoms with Crippen LogP contribution < -0.4 is 14.8 Å². The quantitative estimate of drug-likeness (QED) is 0.429. The van der Waals surface area contributed by atoms with Gasteiger partial charge in [-0.2, -0.15) is 0 Å². The minimum Gasteiger partial charge on any atom is -0.487 e. The summed E-state index contributed by atoms with van der Waals surface area (Å²) in [7, 11) is -3.78. The van der Waals surface area contributed by atoms with Crippen LogP contribution in [0.1, 0.15) is 66.2 Å². The van der Waals surface area contributed by atoms with Crippen LogP contribution in [0.25, 0.3) is 0 Å². The topological polar surface area (TPSA) is 84.5 Å². The van der Waals surface area contributed by atoms with Crippen molar-refractivity contribution in [3.8, 4) is 5.75 Å². The Bertz CT molecular complexity index is 1330. The van der Waals surface area contributed by atoms with Crippen LogP contribution in [-0.4, -0.2) is 19.9 Å². The molecule has 1 atom stereocenters. The minimum atomic E-state index is -3.78. The number of benzene rings is 3. The maximum atomic E-state index is 13.4. The van der Waals surface area contributed by atoms with E-state index in [0.29, 0.717) is 23.2 Å². The van der Waals surface area contributed by atoms with Crippen molar-refractivity contribution in [2.24, 2.45) is 0 Å². The Morgan fingerprint density at radius 1 is 0.971 bits per heavy atom. The first-order valence-corrected chi connectivity index (χ1v) is 13.4. The Labute approximate surface area is 207 Å². The fourth-order valence-corrected chi connectivity index (χ4v) is 5.70. The Kier molecular flexibility index (Phi) is 6.90. The minimum absolute atomic E-state index is 0.173. The van der Waals surface area contributed by atoms with Gasteiger partial charge in [-0.15, -0.1) is 0 Å². The maximum absolute atomic E-state index is 13.4. The molecule has 1 amide bonds. The van der Waals surface area contributed by atoms with Gasteiger partial charge in [-0.05, 0) is 62.6 Å². The van der Waals surface area contributed by atoms with E-state index in [1.165, 1.54) is 0 Å². The Balaban J connectivity index is 1.60. The lowest BCUT2D eigenvalue weighted by Gasteiger charge is -2.41. The number of amides is 1. The van der Waals surface area contributed by atoms with E-state index in [-0.39, 0.29) is 22.4 Å². The second-order valence-electron chi connectivity index (χ2n) is 9.16. The second-order valence-corrected chi connectivity index (χ2v) is 10.8. The molecule has 184 valence electrons. The van der Waals surface area contributed by atoms with Gasteiger partial charge < -0.3 is 10.1 Å². The van der Waals surface area contributed by atoms with Crippen LogP contribution >= 0.6 is 0 Å². The Hall–Kier alpha value is -3.32. The summed E-state index contributed by atoms with van der Waals surface area (Å²) in [5, 5.41) is 3.19. The number of carbonyl (C=O) groups excluding carboxylic acids is 1. The van der Waals surface area contributed by atoms with Crippen molar-refractivity contribution >= 4 is 21.6 Å². The van der Waals surface area contributed by atoms with Gasteiger partial charge in [-0.1, -0.05) is 55.8 Å². The molecule has 1 aliphatic heterocycles. The SMILES string of the molecule is CCC1(CC)CC(NC(=O)c2cccc(NS(=O)(=O)c3ccc(C)cc3)c2C)c2ccccc2O1. The Morgan fingerprint density at radius 3 is 2.34 bits per heavy atom. The molecule has 0 bridgehead atoms. The third kappa shape index (κ3) is 5.05. The number of hydrogen-bond donors (Lipinski definition) is 2. The van der Waals surface area contributed by atoms with Gasteiger partial charge >= 0.3 is 0 Å². The monoisotopic (exact) mass is 492 g/mol. The molecule has 3 aromatic rings. The van der Waals surface area contributed by atoms with E-state index in [1.807, 2.05) is 31.2 Å². The standard InChI is InChI=1S/C28H32N2O4S/c1-5-28(6-2)18-25(23-10-7-8-13-26(23)34-28)29-27(31)22-11-9-12-24(20(22)4)30-35(32,33)21-16-14-19(3)15-17-21/h7-17,25,30H,5-6,18H2,1-4H3,(H,29,31). The van der Waals surface area contributed by atoms with Gasteiger partial charge in [-0.25, -0.2) is 8.42 Å². The zero-order chi connectivity index (χ0) is 25.2. The molecule has 1 heterocycles. The number of fused-ring (bicyclic) bond motifs is 1.